The molecule has 0 N–H and O–H groups in total. The van der Waals surface area contributed by atoms with Gasteiger partial charge < -0.3 is 0 Å². The Hall–Kier alpha value is -2.72. The molecule has 0 saturated heterocycles. The topological polar surface area (TPSA) is 95.3 Å². The molecule has 0 amide bonds. The molecule has 1 aromatic carbocycles. The Morgan fingerprint density at radius 2 is 2.16 bits per heavy atom. The maximum Gasteiger partial charge on any atom is 0.350 e. The van der Waals surface area contributed by atoms with E-state index in [1.54, 1.807) is 24.4 Å². The van der Waals surface area contributed by atoms with Gasteiger partial charge in [-0.15, -0.1) is 16.4 Å². The molecule has 0 unspecified atom stereocenters. The fourth-order valence-corrected chi connectivity index (χ4v) is 4.49. The highest BCUT2D eigenvalue weighted by Crippen LogP contribution is 2.31. The summed E-state index contributed by atoms with van der Waals surface area (Å²) in [5.74, 6) is 0.631. The van der Waals surface area contributed by atoms with Gasteiger partial charge in [-0.3, -0.25) is 14.5 Å². The number of hydrogen-bond acceptors (Lipinski definition) is 7. The molecule has 4 rings (SSSR count). The maximum absolute atomic E-state index is 12.2. The van der Waals surface area contributed by atoms with Crippen LogP contribution in [0.5, 0.6) is 0 Å². The number of fused-ring (bicyclic) bond motifs is 2. The van der Waals surface area contributed by atoms with Crippen LogP contribution in [-0.2, 0) is 6.54 Å². The number of nitrogens with zero attached hydrogens (tertiary/aromatic N) is 5. The molecule has 0 aliphatic carbocycles. The summed E-state index contributed by atoms with van der Waals surface area (Å²) in [6, 6.07) is 10.0. The molecule has 4 aromatic rings. The van der Waals surface area contributed by atoms with Crippen LogP contribution >= 0.6 is 23.1 Å². The van der Waals surface area contributed by atoms with Gasteiger partial charge in [0.25, 0.3) is 5.69 Å². The molecule has 0 atom stereocenters. The van der Waals surface area contributed by atoms with Gasteiger partial charge in [0.15, 0.2) is 9.99 Å². The second-order valence-corrected chi connectivity index (χ2v) is 7.54. The lowest BCUT2D eigenvalue weighted by molar-refractivity contribution is -0.384. The number of nitro benzene ring substituents is 1. The van der Waals surface area contributed by atoms with E-state index in [9.17, 15) is 14.9 Å². The lowest BCUT2D eigenvalue weighted by Crippen LogP contribution is -2.21. The molecule has 0 radical (unpaired) electrons. The smallest absolute Gasteiger partial charge is 0.258 e. The third kappa shape index (κ3) is 3.01. The Morgan fingerprint density at radius 3 is 2.96 bits per heavy atom. The van der Waals surface area contributed by atoms with Gasteiger partial charge in [0.2, 0.25) is 0 Å². The number of non-ortho nitro benzene ring substituents is 1. The van der Waals surface area contributed by atoms with Crippen molar-refractivity contribution >= 4 is 44.6 Å². The summed E-state index contributed by atoms with van der Waals surface area (Å²) in [5, 5.41) is 15.1. The van der Waals surface area contributed by atoms with Crippen LogP contribution in [-0.4, -0.2) is 29.8 Å². The molecule has 0 aliphatic rings. The Bertz CT molecular complexity index is 1150. The summed E-state index contributed by atoms with van der Waals surface area (Å²) in [5.41, 5.74) is 1.24. The number of thiazole rings is 1. The molecule has 3 heterocycles. The number of nitro groups is 1. The van der Waals surface area contributed by atoms with Crippen molar-refractivity contribution < 1.29 is 4.92 Å². The molecule has 8 nitrogen and oxygen atoms in total. The summed E-state index contributed by atoms with van der Waals surface area (Å²) in [6.07, 6.45) is 1.69. The molecule has 0 fully saturated rings. The lowest BCUT2D eigenvalue weighted by atomic mass is 10.3. The number of aryl methyl sites for hydroxylation is 1. The zero-order chi connectivity index (χ0) is 17.4. The predicted molar refractivity (Wildman–Crippen MR) is 96.5 cm³/mol. The largest absolute Gasteiger partial charge is 0.350 e. The van der Waals surface area contributed by atoms with Crippen molar-refractivity contribution in [1.82, 2.24) is 19.2 Å². The third-order valence-corrected chi connectivity index (χ3v) is 5.72. The average molecular weight is 373 g/mol. The maximum atomic E-state index is 12.2. The Morgan fingerprint density at radius 1 is 1.28 bits per heavy atom. The SMILES string of the molecule is O=c1n(CCSc2nc3ccc([N+](=O)[O-])cc3s2)nc2ccccn12. The van der Waals surface area contributed by atoms with E-state index in [1.165, 1.54) is 44.3 Å². The monoisotopic (exact) mass is 373 g/mol. The Balaban J connectivity index is 1.49. The van der Waals surface area contributed by atoms with E-state index in [0.29, 0.717) is 17.9 Å². The molecule has 0 spiro atoms. The zero-order valence-electron chi connectivity index (χ0n) is 12.7. The summed E-state index contributed by atoms with van der Waals surface area (Å²) in [7, 11) is 0. The molecule has 25 heavy (non-hydrogen) atoms. The number of pyridine rings is 1. The molecule has 0 bridgehead atoms. The molecule has 3 aromatic heterocycles. The molecular weight excluding hydrogens is 362 g/mol. The predicted octanol–water partition coefficient (Wildman–Crippen LogP) is 2.81. The number of aromatic nitrogens is 4. The third-order valence-electron chi connectivity index (χ3n) is 3.58. The van der Waals surface area contributed by atoms with Crippen LogP contribution in [0.1, 0.15) is 0 Å². The normalized spacial score (nSPS) is 11.4. The number of hydrogen-bond donors (Lipinski definition) is 0. The fraction of sp³-hybridized carbons (Fsp3) is 0.133. The van der Waals surface area contributed by atoms with E-state index >= 15 is 0 Å². The minimum absolute atomic E-state index is 0.0592. The van der Waals surface area contributed by atoms with Gasteiger partial charge >= 0.3 is 5.69 Å². The van der Waals surface area contributed by atoms with Crippen molar-refractivity contribution in [3.05, 3.63) is 63.2 Å². The quantitative estimate of drug-likeness (QED) is 0.303. The Kier molecular flexibility index (Phi) is 3.98. The average Bonchev–Trinajstić information content (AvgIpc) is 3.15. The highest BCUT2D eigenvalue weighted by Gasteiger charge is 2.11. The van der Waals surface area contributed by atoms with Crippen LogP contribution in [0.4, 0.5) is 5.69 Å². The van der Waals surface area contributed by atoms with Crippen molar-refractivity contribution in [3.8, 4) is 0 Å². The van der Waals surface area contributed by atoms with Crippen molar-refractivity contribution in [3.63, 3.8) is 0 Å². The molecular formula is C15H11N5O3S2. The lowest BCUT2D eigenvalue weighted by Gasteiger charge is -1.96. The number of rotatable bonds is 5. The first kappa shape index (κ1) is 15.8. The second kappa shape index (κ2) is 6.30. The van der Waals surface area contributed by atoms with Crippen LogP contribution in [0.2, 0.25) is 0 Å². The summed E-state index contributed by atoms with van der Waals surface area (Å²) in [6.45, 7) is 0.460. The summed E-state index contributed by atoms with van der Waals surface area (Å²) >= 11 is 2.91. The first-order chi connectivity index (χ1) is 12.1. The van der Waals surface area contributed by atoms with Gasteiger partial charge in [-0.1, -0.05) is 17.8 Å². The van der Waals surface area contributed by atoms with Crippen LogP contribution in [0.25, 0.3) is 15.9 Å². The summed E-state index contributed by atoms with van der Waals surface area (Å²) in [4.78, 5) is 27.1. The minimum Gasteiger partial charge on any atom is -0.258 e. The van der Waals surface area contributed by atoms with Gasteiger partial charge in [-0.25, -0.2) is 14.5 Å². The molecule has 126 valence electrons. The first-order valence-corrected chi connectivity index (χ1v) is 9.14. The molecule has 10 heteroatoms. The van der Waals surface area contributed by atoms with Gasteiger partial charge in [0.1, 0.15) is 0 Å². The van der Waals surface area contributed by atoms with Crippen LogP contribution in [0.3, 0.4) is 0 Å². The second-order valence-electron chi connectivity index (χ2n) is 5.17. The van der Waals surface area contributed by atoms with Gasteiger partial charge in [0.05, 0.1) is 21.7 Å². The van der Waals surface area contributed by atoms with E-state index in [4.69, 9.17) is 0 Å². The van der Waals surface area contributed by atoms with E-state index in [-0.39, 0.29) is 11.4 Å². The highest BCUT2D eigenvalue weighted by atomic mass is 32.2. The van der Waals surface area contributed by atoms with Gasteiger partial charge in [0, 0.05) is 24.1 Å². The van der Waals surface area contributed by atoms with E-state index < -0.39 is 4.92 Å². The summed E-state index contributed by atoms with van der Waals surface area (Å²) < 4.78 is 4.52. The fourth-order valence-electron chi connectivity index (χ4n) is 2.40. The number of benzene rings is 1. The first-order valence-electron chi connectivity index (χ1n) is 7.34. The van der Waals surface area contributed by atoms with Crippen molar-refractivity contribution in [2.24, 2.45) is 0 Å². The van der Waals surface area contributed by atoms with Crippen LogP contribution in [0, 0.1) is 10.1 Å². The van der Waals surface area contributed by atoms with Crippen molar-refractivity contribution in [2.75, 3.05) is 5.75 Å². The van der Waals surface area contributed by atoms with Gasteiger partial charge in [-0.2, -0.15) is 0 Å². The van der Waals surface area contributed by atoms with E-state index in [2.05, 4.69) is 10.1 Å². The van der Waals surface area contributed by atoms with Gasteiger partial charge in [-0.05, 0) is 18.2 Å². The number of thioether (sulfide) groups is 1. The molecule has 0 aliphatic heterocycles. The standard InChI is InChI=1S/C15H11N5O3S2/c21-15-18-6-2-1-3-13(18)17-19(15)7-8-24-14-16-11-5-4-10(20(22)23)9-12(11)25-14/h1-6,9H,7-8H2. The van der Waals surface area contributed by atoms with E-state index in [0.717, 1.165) is 14.6 Å². The van der Waals surface area contributed by atoms with E-state index in [1.807, 2.05) is 6.07 Å². The minimum atomic E-state index is -0.415. The van der Waals surface area contributed by atoms with Crippen LogP contribution in [0.15, 0.2) is 51.7 Å². The Labute approximate surface area is 148 Å². The zero-order valence-corrected chi connectivity index (χ0v) is 14.4. The molecule has 0 saturated carbocycles. The highest BCUT2D eigenvalue weighted by molar-refractivity contribution is 8.01. The van der Waals surface area contributed by atoms with Crippen molar-refractivity contribution in [1.29, 1.82) is 0 Å². The van der Waals surface area contributed by atoms with Crippen LogP contribution < -0.4 is 5.69 Å². The van der Waals surface area contributed by atoms with Crippen molar-refractivity contribution in [2.45, 2.75) is 10.9 Å².